The van der Waals surface area contributed by atoms with Crippen molar-refractivity contribution in [2.24, 2.45) is 0 Å². The molecule has 0 radical (unpaired) electrons. The van der Waals surface area contributed by atoms with Crippen molar-refractivity contribution in [1.82, 2.24) is 14.7 Å². The smallest absolute Gasteiger partial charge is 0.258 e. The molecule has 0 bridgehead atoms. The molecule has 1 heterocycles. The zero-order chi connectivity index (χ0) is 15.9. The monoisotopic (exact) mass is 319 g/mol. The molecule has 1 aliphatic carbocycles. The van der Waals surface area contributed by atoms with E-state index in [2.05, 4.69) is 27.7 Å². The molecule has 1 aromatic heterocycles. The van der Waals surface area contributed by atoms with Crippen LogP contribution in [0.15, 0.2) is 29.4 Å². The van der Waals surface area contributed by atoms with Crippen LogP contribution in [0.3, 0.4) is 0 Å². The van der Waals surface area contributed by atoms with Crippen LogP contribution in [0.4, 0.5) is 0 Å². The maximum atomic E-state index is 12.5. The average molecular weight is 319 g/mol. The molecule has 6 heteroatoms. The van der Waals surface area contributed by atoms with Crippen molar-refractivity contribution in [2.75, 3.05) is 0 Å². The average Bonchev–Trinajstić information content (AvgIpc) is 3.07. The van der Waals surface area contributed by atoms with E-state index in [-0.39, 0.29) is 17.0 Å². The van der Waals surface area contributed by atoms with Crippen LogP contribution in [-0.4, -0.2) is 18.4 Å². The van der Waals surface area contributed by atoms with Crippen molar-refractivity contribution in [3.05, 3.63) is 46.9 Å². The molecule has 1 aliphatic rings. The summed E-state index contributed by atoms with van der Waals surface area (Å²) in [5.41, 5.74) is 3.58. The maximum Gasteiger partial charge on any atom is 0.258 e. The van der Waals surface area contributed by atoms with Crippen LogP contribution in [-0.2, 0) is 16.4 Å². The van der Waals surface area contributed by atoms with Crippen LogP contribution in [0.2, 0.25) is 0 Å². The summed E-state index contributed by atoms with van der Waals surface area (Å²) >= 11 is 0. The third kappa shape index (κ3) is 2.68. The van der Waals surface area contributed by atoms with Crippen LogP contribution < -0.4 is 4.72 Å². The fraction of sp³-hybridized carbons (Fsp3) is 0.438. The number of rotatable bonds is 4. The number of sulfonamides is 1. The molecule has 22 heavy (non-hydrogen) atoms. The van der Waals surface area contributed by atoms with E-state index < -0.39 is 10.0 Å². The number of imidazole rings is 1. The molecular weight excluding hydrogens is 298 g/mol. The summed E-state index contributed by atoms with van der Waals surface area (Å²) in [6.07, 6.45) is 3.10. The van der Waals surface area contributed by atoms with E-state index in [4.69, 9.17) is 0 Å². The number of hydrogen-bond donors (Lipinski definition) is 2. The largest absolute Gasteiger partial charge is 0.332 e. The first kappa shape index (κ1) is 15.2. The number of nitrogens with zero attached hydrogens (tertiary/aromatic N) is 1. The number of nitrogens with one attached hydrogen (secondary N) is 2. The number of aromatic nitrogens is 2. The van der Waals surface area contributed by atoms with E-state index in [1.807, 2.05) is 26.0 Å². The van der Waals surface area contributed by atoms with E-state index in [1.54, 1.807) is 0 Å². The van der Waals surface area contributed by atoms with Gasteiger partial charge in [-0.05, 0) is 36.5 Å². The molecule has 1 unspecified atom stereocenters. The Labute approximate surface area is 131 Å². The van der Waals surface area contributed by atoms with Gasteiger partial charge in [-0.3, -0.25) is 0 Å². The lowest BCUT2D eigenvalue weighted by atomic mass is 10.0. The summed E-state index contributed by atoms with van der Waals surface area (Å²) in [4.78, 5) is 7.04. The Balaban J connectivity index is 1.86. The molecule has 3 rings (SSSR count). The second-order valence-corrected chi connectivity index (χ2v) is 7.83. The zero-order valence-corrected chi connectivity index (χ0v) is 13.9. The topological polar surface area (TPSA) is 74.8 Å². The molecular formula is C16H21N3O2S. The summed E-state index contributed by atoms with van der Waals surface area (Å²) in [7, 11) is -3.58. The van der Waals surface area contributed by atoms with Gasteiger partial charge in [0.15, 0.2) is 5.03 Å². The number of hydrogen-bond acceptors (Lipinski definition) is 3. The molecule has 5 nitrogen and oxygen atoms in total. The van der Waals surface area contributed by atoms with E-state index in [0.717, 1.165) is 18.4 Å². The molecule has 0 fully saturated rings. The Morgan fingerprint density at radius 2 is 2.14 bits per heavy atom. The summed E-state index contributed by atoms with van der Waals surface area (Å²) in [6.45, 7) is 6.01. The molecule has 1 atom stereocenters. The van der Waals surface area contributed by atoms with E-state index in [0.29, 0.717) is 5.82 Å². The third-order valence-electron chi connectivity index (χ3n) is 4.21. The first-order valence-electron chi connectivity index (χ1n) is 7.54. The number of benzene rings is 1. The van der Waals surface area contributed by atoms with Gasteiger partial charge in [0.2, 0.25) is 0 Å². The Hall–Kier alpha value is -1.66. The van der Waals surface area contributed by atoms with Crippen molar-refractivity contribution in [3.63, 3.8) is 0 Å². The zero-order valence-electron chi connectivity index (χ0n) is 13.1. The highest BCUT2D eigenvalue weighted by atomic mass is 32.2. The quantitative estimate of drug-likeness (QED) is 0.910. The van der Waals surface area contributed by atoms with Crippen LogP contribution >= 0.6 is 0 Å². The maximum absolute atomic E-state index is 12.5. The summed E-state index contributed by atoms with van der Waals surface area (Å²) < 4.78 is 27.9. The van der Waals surface area contributed by atoms with Gasteiger partial charge in [0, 0.05) is 12.0 Å². The lowest BCUT2D eigenvalue weighted by Gasteiger charge is -2.14. The molecule has 0 aliphatic heterocycles. The Morgan fingerprint density at radius 3 is 2.82 bits per heavy atom. The predicted octanol–water partition coefficient (Wildman–Crippen LogP) is 2.81. The van der Waals surface area contributed by atoms with Crippen molar-refractivity contribution in [2.45, 2.75) is 50.6 Å². The molecule has 1 aromatic carbocycles. The van der Waals surface area contributed by atoms with E-state index >= 15 is 0 Å². The Bertz CT molecular complexity index is 793. The van der Waals surface area contributed by atoms with Crippen LogP contribution in [0.5, 0.6) is 0 Å². The molecule has 0 saturated carbocycles. The molecule has 0 amide bonds. The van der Waals surface area contributed by atoms with Gasteiger partial charge < -0.3 is 4.98 Å². The third-order valence-corrected chi connectivity index (χ3v) is 5.59. The van der Waals surface area contributed by atoms with Gasteiger partial charge in [0.05, 0.1) is 6.20 Å². The minimum absolute atomic E-state index is 0.136. The normalized spacial score (nSPS) is 17.9. The molecule has 2 aromatic rings. The first-order chi connectivity index (χ1) is 10.4. The van der Waals surface area contributed by atoms with Gasteiger partial charge in [-0.2, -0.15) is 0 Å². The number of aryl methyl sites for hydroxylation is 1. The summed E-state index contributed by atoms with van der Waals surface area (Å²) in [6, 6.07) is 5.90. The second kappa shape index (κ2) is 5.52. The van der Waals surface area contributed by atoms with Gasteiger partial charge in [-0.15, -0.1) is 0 Å². The molecule has 118 valence electrons. The summed E-state index contributed by atoms with van der Waals surface area (Å²) in [5, 5.41) is 0.136. The Kier molecular flexibility index (Phi) is 3.82. The van der Waals surface area contributed by atoms with E-state index in [9.17, 15) is 8.42 Å². The fourth-order valence-electron chi connectivity index (χ4n) is 2.96. The fourth-order valence-corrected chi connectivity index (χ4v) is 4.14. The summed E-state index contributed by atoms with van der Waals surface area (Å²) in [5.74, 6) is 0.849. The van der Waals surface area contributed by atoms with Gasteiger partial charge in [-0.25, -0.2) is 18.1 Å². The predicted molar refractivity (Wildman–Crippen MR) is 85.2 cm³/mol. The Morgan fingerprint density at radius 1 is 1.36 bits per heavy atom. The lowest BCUT2D eigenvalue weighted by Crippen LogP contribution is -2.27. The van der Waals surface area contributed by atoms with Crippen LogP contribution in [0.25, 0.3) is 0 Å². The van der Waals surface area contributed by atoms with Gasteiger partial charge in [0.1, 0.15) is 5.82 Å². The van der Waals surface area contributed by atoms with Crippen molar-refractivity contribution >= 4 is 10.0 Å². The van der Waals surface area contributed by atoms with Crippen molar-refractivity contribution < 1.29 is 8.42 Å². The molecule has 0 saturated heterocycles. The molecule has 2 N–H and O–H groups in total. The highest BCUT2D eigenvalue weighted by molar-refractivity contribution is 7.89. The number of H-pyrrole nitrogens is 1. The standard InChI is InChI=1S/C16H21N3O2S/c1-10(2)16-17-9-15(18-16)22(20,21)19-14-8-7-12-11(3)5-4-6-13(12)14/h4-6,9-10,14,19H,7-8H2,1-3H3,(H,17,18). The van der Waals surface area contributed by atoms with Gasteiger partial charge >= 0.3 is 0 Å². The molecule has 0 spiro atoms. The second-order valence-electron chi connectivity index (χ2n) is 6.14. The SMILES string of the molecule is Cc1cccc2c1CCC2NS(=O)(=O)c1cnc(C(C)C)[nH]1. The highest BCUT2D eigenvalue weighted by Gasteiger charge is 2.29. The number of fused-ring (bicyclic) bond motifs is 1. The van der Waals surface area contributed by atoms with Gasteiger partial charge in [0.25, 0.3) is 10.0 Å². The van der Waals surface area contributed by atoms with Gasteiger partial charge in [-0.1, -0.05) is 32.0 Å². The lowest BCUT2D eigenvalue weighted by molar-refractivity contribution is 0.551. The minimum Gasteiger partial charge on any atom is -0.332 e. The first-order valence-corrected chi connectivity index (χ1v) is 9.02. The van der Waals surface area contributed by atoms with Crippen molar-refractivity contribution in [1.29, 1.82) is 0 Å². The highest BCUT2D eigenvalue weighted by Crippen LogP contribution is 2.34. The van der Waals surface area contributed by atoms with Crippen molar-refractivity contribution in [3.8, 4) is 0 Å². The van der Waals surface area contributed by atoms with E-state index in [1.165, 1.54) is 17.3 Å². The minimum atomic E-state index is -3.58. The number of aromatic amines is 1. The van der Waals surface area contributed by atoms with Crippen LogP contribution in [0.1, 0.15) is 54.7 Å². The van der Waals surface area contributed by atoms with Crippen LogP contribution in [0, 0.1) is 6.92 Å².